The molecule has 4 nitrogen and oxygen atoms in total. The topological polar surface area (TPSA) is 74.3 Å². The van der Waals surface area contributed by atoms with Crippen molar-refractivity contribution in [3.05, 3.63) is 9.90 Å². The minimum Gasteiger partial charge on any atom is -0.544 e. The summed E-state index contributed by atoms with van der Waals surface area (Å²) in [6.07, 6.45) is 1.67. The fourth-order valence-corrected chi connectivity index (χ4v) is 5.56. The maximum absolute atomic E-state index is 12.1. The minimum atomic E-state index is -3.60. The molecule has 17 heavy (non-hydrogen) atoms. The molecule has 0 bridgehead atoms. The quantitative estimate of drug-likeness (QED) is 0.790. The predicted molar refractivity (Wildman–Crippen MR) is 67.8 cm³/mol. The van der Waals surface area contributed by atoms with Crippen molar-refractivity contribution < 1.29 is 18.3 Å². The number of carboxylic acid groups (broad SMARTS) is 1. The van der Waals surface area contributed by atoms with Crippen molar-refractivity contribution in [2.45, 2.75) is 28.2 Å². The van der Waals surface area contributed by atoms with Crippen molar-refractivity contribution in [2.75, 3.05) is 6.26 Å². The number of carboxylic acids is 1. The highest BCUT2D eigenvalue weighted by Crippen LogP contribution is 2.42. The fraction of sp³-hybridized carbons (Fsp3) is 0.444. The third-order valence-corrected chi connectivity index (χ3v) is 7.42. The highest BCUT2D eigenvalue weighted by atomic mass is 35.5. The van der Waals surface area contributed by atoms with Gasteiger partial charge in [0, 0.05) is 0 Å². The van der Waals surface area contributed by atoms with Gasteiger partial charge < -0.3 is 9.90 Å². The van der Waals surface area contributed by atoms with Crippen LogP contribution in [0, 0.1) is 0 Å². The Balaban J connectivity index is 3.59. The molecule has 0 fully saturated rings. The van der Waals surface area contributed by atoms with Gasteiger partial charge in [-0.25, -0.2) is 8.42 Å². The van der Waals surface area contributed by atoms with Crippen LogP contribution in [0.15, 0.2) is 9.10 Å². The molecule has 0 aliphatic carbocycles. The van der Waals surface area contributed by atoms with E-state index in [1.165, 1.54) is 13.8 Å². The largest absolute Gasteiger partial charge is 0.544 e. The molecule has 0 N–H and O–H groups in total. The van der Waals surface area contributed by atoms with E-state index in [1.54, 1.807) is 6.26 Å². The second kappa shape index (κ2) is 5.17. The number of hydrogen-bond donors (Lipinski definition) is 0. The maximum atomic E-state index is 12.1. The second-order valence-electron chi connectivity index (χ2n) is 3.45. The minimum absolute atomic E-state index is 0.0918. The highest BCUT2D eigenvalue weighted by molar-refractivity contribution is 8.01. The Morgan fingerprint density at radius 2 is 2.00 bits per heavy atom. The van der Waals surface area contributed by atoms with Crippen LogP contribution in [0.25, 0.3) is 0 Å². The molecule has 1 aromatic heterocycles. The van der Waals surface area contributed by atoms with E-state index in [1.807, 2.05) is 0 Å². The van der Waals surface area contributed by atoms with Crippen molar-refractivity contribution >= 4 is 50.5 Å². The van der Waals surface area contributed by atoms with Gasteiger partial charge in [0.15, 0.2) is 9.84 Å². The third-order valence-electron chi connectivity index (χ3n) is 2.05. The van der Waals surface area contributed by atoms with Crippen LogP contribution in [0.5, 0.6) is 0 Å². The summed E-state index contributed by atoms with van der Waals surface area (Å²) in [5, 5.41) is 9.91. The van der Waals surface area contributed by atoms with Crippen molar-refractivity contribution in [2.24, 2.45) is 0 Å². The molecule has 0 aliphatic heterocycles. The Kier molecular flexibility index (Phi) is 4.51. The molecule has 0 radical (unpaired) electrons. The van der Waals surface area contributed by atoms with Crippen molar-refractivity contribution in [3.63, 3.8) is 0 Å². The molecule has 0 saturated carbocycles. The van der Waals surface area contributed by atoms with Crippen LogP contribution in [0.3, 0.4) is 0 Å². The van der Waals surface area contributed by atoms with Crippen LogP contribution in [-0.4, -0.2) is 25.9 Å². The van der Waals surface area contributed by atoms with E-state index in [2.05, 4.69) is 0 Å². The number of thiophene rings is 1. The summed E-state index contributed by atoms with van der Waals surface area (Å²) in [5.74, 6) is -1.46. The summed E-state index contributed by atoms with van der Waals surface area (Å²) >= 11 is 7.81. The standard InChI is InChI=1S/C9H11ClO4S3/c1-4(2)17(13,14)7-5(10)6(8(11)12)16-9(7)15-3/h4H,1-3H3,(H,11,12)/p-1. The van der Waals surface area contributed by atoms with Crippen LogP contribution >= 0.6 is 34.7 Å². The van der Waals surface area contributed by atoms with Crippen LogP contribution in [-0.2, 0) is 9.84 Å². The molecule has 96 valence electrons. The molecule has 1 aromatic rings. The molecular formula is C9H10ClO4S3-. The SMILES string of the molecule is CSc1sc(C(=O)[O-])c(Cl)c1S(=O)(=O)C(C)C. The van der Waals surface area contributed by atoms with E-state index in [0.29, 0.717) is 4.21 Å². The number of thioether (sulfide) groups is 1. The fourth-order valence-electron chi connectivity index (χ4n) is 1.12. The summed E-state index contributed by atoms with van der Waals surface area (Å²) in [6, 6.07) is 0. The first-order chi connectivity index (χ1) is 7.73. The highest BCUT2D eigenvalue weighted by Gasteiger charge is 2.30. The number of halogens is 1. The van der Waals surface area contributed by atoms with E-state index in [9.17, 15) is 18.3 Å². The zero-order valence-electron chi connectivity index (χ0n) is 9.31. The molecule has 0 atom stereocenters. The first kappa shape index (κ1) is 14.8. The Morgan fingerprint density at radius 1 is 1.47 bits per heavy atom. The van der Waals surface area contributed by atoms with Crippen molar-refractivity contribution in [3.8, 4) is 0 Å². The first-order valence-electron chi connectivity index (χ1n) is 4.55. The summed E-state index contributed by atoms with van der Waals surface area (Å²) in [4.78, 5) is 10.5. The summed E-state index contributed by atoms with van der Waals surface area (Å²) in [5.41, 5.74) is 0. The number of rotatable bonds is 4. The van der Waals surface area contributed by atoms with Gasteiger partial charge in [0.05, 0.1) is 25.3 Å². The van der Waals surface area contributed by atoms with Gasteiger partial charge in [-0.1, -0.05) is 11.6 Å². The van der Waals surface area contributed by atoms with E-state index in [-0.39, 0.29) is 14.8 Å². The second-order valence-corrected chi connectivity index (χ2v) is 8.36. The smallest absolute Gasteiger partial charge is 0.184 e. The average molecular weight is 314 g/mol. The molecule has 0 unspecified atom stereocenters. The lowest BCUT2D eigenvalue weighted by atomic mass is 10.5. The van der Waals surface area contributed by atoms with Gasteiger partial charge in [-0.2, -0.15) is 0 Å². The predicted octanol–water partition coefficient (Wildman–Crippen LogP) is 1.67. The number of carbonyl (C=O) groups excluding carboxylic acids is 1. The monoisotopic (exact) mass is 313 g/mol. The first-order valence-corrected chi connectivity index (χ1v) is 8.51. The van der Waals surface area contributed by atoms with E-state index < -0.39 is 21.1 Å². The molecule has 1 rings (SSSR count). The van der Waals surface area contributed by atoms with E-state index in [4.69, 9.17) is 11.6 Å². The van der Waals surface area contributed by atoms with Gasteiger partial charge in [-0.3, -0.25) is 0 Å². The lowest BCUT2D eigenvalue weighted by molar-refractivity contribution is -0.254. The number of carbonyl (C=O) groups is 1. The molecule has 0 saturated heterocycles. The Hall–Kier alpha value is -0.240. The Morgan fingerprint density at radius 3 is 2.35 bits per heavy atom. The summed E-state index contributed by atoms with van der Waals surface area (Å²) in [6.45, 7) is 3.04. The van der Waals surface area contributed by atoms with Gasteiger partial charge in [-0.05, 0) is 20.1 Å². The zero-order valence-corrected chi connectivity index (χ0v) is 12.5. The maximum Gasteiger partial charge on any atom is 0.184 e. The van der Waals surface area contributed by atoms with E-state index in [0.717, 1.165) is 23.1 Å². The molecule has 0 aliphatic rings. The van der Waals surface area contributed by atoms with Crippen LogP contribution in [0.4, 0.5) is 0 Å². The molecule has 1 heterocycles. The van der Waals surface area contributed by atoms with Gasteiger partial charge in [0.1, 0.15) is 4.90 Å². The van der Waals surface area contributed by atoms with Gasteiger partial charge in [-0.15, -0.1) is 23.1 Å². The molecule has 0 aromatic carbocycles. The Bertz CT molecular complexity index is 545. The number of sulfone groups is 1. The Labute approximate surface area is 113 Å². The van der Waals surface area contributed by atoms with Gasteiger partial charge in [0.25, 0.3) is 0 Å². The third kappa shape index (κ3) is 2.62. The normalized spacial score (nSPS) is 12.1. The molecule has 0 amide bonds. The van der Waals surface area contributed by atoms with Crippen LogP contribution in [0.1, 0.15) is 23.5 Å². The summed E-state index contributed by atoms with van der Waals surface area (Å²) in [7, 11) is -3.60. The zero-order chi connectivity index (χ0) is 13.4. The van der Waals surface area contributed by atoms with Crippen molar-refractivity contribution in [1.82, 2.24) is 0 Å². The van der Waals surface area contributed by atoms with Crippen LogP contribution < -0.4 is 5.11 Å². The lowest BCUT2D eigenvalue weighted by Gasteiger charge is -2.08. The van der Waals surface area contributed by atoms with Crippen molar-refractivity contribution in [1.29, 1.82) is 0 Å². The van der Waals surface area contributed by atoms with Crippen LogP contribution in [0.2, 0.25) is 5.02 Å². The number of aromatic carboxylic acids is 1. The van der Waals surface area contributed by atoms with E-state index >= 15 is 0 Å². The van der Waals surface area contributed by atoms with Gasteiger partial charge >= 0.3 is 0 Å². The molecular weight excluding hydrogens is 304 g/mol. The lowest BCUT2D eigenvalue weighted by Crippen LogP contribution is -2.21. The summed E-state index contributed by atoms with van der Waals surface area (Å²) < 4.78 is 24.5. The average Bonchev–Trinajstić information content (AvgIpc) is 2.55. The number of hydrogen-bond acceptors (Lipinski definition) is 6. The molecule has 0 spiro atoms. The molecule has 8 heteroatoms. The van der Waals surface area contributed by atoms with Gasteiger partial charge in [0.2, 0.25) is 0 Å².